The Morgan fingerprint density at radius 2 is 1.79 bits per heavy atom. The Labute approximate surface area is 205 Å². The molecule has 7 nitrogen and oxygen atoms in total. The third-order valence-corrected chi connectivity index (χ3v) is 7.62. The number of aryl methyl sites for hydroxylation is 1. The third-order valence-electron chi connectivity index (χ3n) is 5.21. The minimum Gasteiger partial charge on any atom is -0.493 e. The summed E-state index contributed by atoms with van der Waals surface area (Å²) in [6, 6.07) is 11.9. The normalized spacial score (nSPS) is 16.5. The summed E-state index contributed by atoms with van der Waals surface area (Å²) < 4.78 is 40.9. The number of thioether (sulfide) groups is 1. The minimum absolute atomic E-state index is 0.0900. The van der Waals surface area contributed by atoms with Crippen LogP contribution in [-0.2, 0) is 14.8 Å². The van der Waals surface area contributed by atoms with Crippen LogP contribution in [0, 0.1) is 6.92 Å². The van der Waals surface area contributed by atoms with Gasteiger partial charge < -0.3 is 9.47 Å². The number of likely N-dealkylation sites (N-methyl/N-ethyl adjacent to an activating group) is 1. The second kappa shape index (κ2) is 11.6. The second-order valence-corrected chi connectivity index (χ2v) is 10.4. The molecule has 1 saturated heterocycles. The topological polar surface area (TPSA) is 85.3 Å². The van der Waals surface area contributed by atoms with Crippen molar-refractivity contribution in [3.63, 3.8) is 0 Å². The van der Waals surface area contributed by atoms with Gasteiger partial charge in [-0.1, -0.05) is 43.5 Å². The van der Waals surface area contributed by atoms with E-state index in [1.165, 1.54) is 17.0 Å². The van der Waals surface area contributed by atoms with E-state index in [2.05, 4.69) is 11.3 Å². The SMILES string of the molecule is CCCCCOc1cc(C=C2SC(=NS(=O)(=O)c3ccc(C)cc3)N(CC)C2=O)ccc1OC. The summed E-state index contributed by atoms with van der Waals surface area (Å²) in [7, 11) is -2.36. The van der Waals surface area contributed by atoms with Crippen molar-refractivity contribution in [1.82, 2.24) is 4.90 Å². The van der Waals surface area contributed by atoms with Gasteiger partial charge in [-0.2, -0.15) is 8.42 Å². The molecule has 1 fully saturated rings. The number of nitrogens with zero attached hydrogens (tertiary/aromatic N) is 2. The number of rotatable bonds is 10. The number of amidine groups is 1. The highest BCUT2D eigenvalue weighted by molar-refractivity contribution is 8.19. The van der Waals surface area contributed by atoms with Gasteiger partial charge in [0, 0.05) is 6.54 Å². The first-order valence-corrected chi connectivity index (χ1v) is 13.5. The zero-order valence-corrected chi connectivity index (χ0v) is 21.5. The van der Waals surface area contributed by atoms with E-state index in [4.69, 9.17) is 9.47 Å². The Hall–Kier alpha value is -2.78. The molecule has 9 heteroatoms. The van der Waals surface area contributed by atoms with Gasteiger partial charge in [-0.05, 0) is 67.9 Å². The lowest BCUT2D eigenvalue weighted by Gasteiger charge is -2.12. The van der Waals surface area contributed by atoms with E-state index in [9.17, 15) is 13.2 Å². The molecule has 1 aliphatic rings. The van der Waals surface area contributed by atoms with Gasteiger partial charge in [0.1, 0.15) is 0 Å². The lowest BCUT2D eigenvalue weighted by Crippen LogP contribution is -2.29. The van der Waals surface area contributed by atoms with Crippen LogP contribution in [0.1, 0.15) is 44.2 Å². The van der Waals surface area contributed by atoms with Crippen molar-refractivity contribution in [1.29, 1.82) is 0 Å². The zero-order valence-electron chi connectivity index (χ0n) is 19.9. The van der Waals surface area contributed by atoms with Crippen LogP contribution in [-0.4, -0.2) is 44.7 Å². The first kappa shape index (κ1) is 25.8. The molecule has 1 aliphatic heterocycles. The number of sulfonamides is 1. The first-order valence-electron chi connectivity index (χ1n) is 11.2. The monoisotopic (exact) mass is 502 g/mol. The van der Waals surface area contributed by atoms with Crippen LogP contribution in [0.15, 0.2) is 56.7 Å². The molecule has 0 aliphatic carbocycles. The van der Waals surface area contributed by atoms with E-state index >= 15 is 0 Å². The number of amides is 1. The van der Waals surface area contributed by atoms with Crippen LogP contribution in [0.5, 0.6) is 11.5 Å². The third kappa shape index (κ3) is 6.21. The highest BCUT2D eigenvalue weighted by atomic mass is 32.2. The van der Waals surface area contributed by atoms with Gasteiger partial charge in [0.25, 0.3) is 15.9 Å². The largest absolute Gasteiger partial charge is 0.493 e. The summed E-state index contributed by atoms with van der Waals surface area (Å²) in [6.45, 7) is 6.68. The van der Waals surface area contributed by atoms with Gasteiger partial charge in [0.05, 0.1) is 23.5 Å². The molecular formula is C25H30N2O5S2. The van der Waals surface area contributed by atoms with Crippen molar-refractivity contribution in [2.45, 2.75) is 44.9 Å². The number of unbranched alkanes of at least 4 members (excludes halogenated alkanes) is 2. The Bertz CT molecular complexity index is 1190. The number of carbonyl (C=O) groups excluding carboxylic acids is 1. The molecule has 182 valence electrons. The summed E-state index contributed by atoms with van der Waals surface area (Å²) >= 11 is 1.05. The molecule has 0 saturated carbocycles. The van der Waals surface area contributed by atoms with E-state index in [-0.39, 0.29) is 16.0 Å². The van der Waals surface area contributed by atoms with Gasteiger partial charge in [-0.25, -0.2) is 0 Å². The molecule has 3 rings (SSSR count). The van der Waals surface area contributed by atoms with Gasteiger partial charge in [0.2, 0.25) is 0 Å². The van der Waals surface area contributed by atoms with Crippen LogP contribution >= 0.6 is 11.8 Å². The lowest BCUT2D eigenvalue weighted by molar-refractivity contribution is -0.122. The fourth-order valence-corrected chi connectivity index (χ4v) is 5.55. The Morgan fingerprint density at radius 1 is 1.06 bits per heavy atom. The van der Waals surface area contributed by atoms with Gasteiger partial charge >= 0.3 is 0 Å². The second-order valence-electron chi connectivity index (χ2n) is 7.79. The fourth-order valence-electron chi connectivity index (χ4n) is 3.30. The maximum absolute atomic E-state index is 13.0. The van der Waals surface area contributed by atoms with Crippen LogP contribution in [0.25, 0.3) is 6.08 Å². The maximum Gasteiger partial charge on any atom is 0.284 e. The average molecular weight is 503 g/mol. The summed E-state index contributed by atoms with van der Waals surface area (Å²) in [6.07, 6.45) is 4.84. The molecule has 0 spiro atoms. The van der Waals surface area contributed by atoms with Crippen molar-refractivity contribution in [3.05, 3.63) is 58.5 Å². The van der Waals surface area contributed by atoms with Crippen molar-refractivity contribution >= 4 is 38.9 Å². The number of methoxy groups -OCH3 is 1. The number of hydrogen-bond donors (Lipinski definition) is 0. The van der Waals surface area contributed by atoms with E-state index in [1.54, 1.807) is 38.3 Å². The van der Waals surface area contributed by atoms with Crippen LogP contribution in [0.3, 0.4) is 0 Å². The molecular weight excluding hydrogens is 472 g/mol. The van der Waals surface area contributed by atoms with Gasteiger partial charge in [-0.15, -0.1) is 4.40 Å². The molecule has 0 unspecified atom stereocenters. The van der Waals surface area contributed by atoms with Crippen LogP contribution in [0.2, 0.25) is 0 Å². The van der Waals surface area contributed by atoms with Crippen molar-refractivity contribution in [2.75, 3.05) is 20.3 Å². The van der Waals surface area contributed by atoms with Crippen LogP contribution < -0.4 is 9.47 Å². The lowest BCUT2D eigenvalue weighted by atomic mass is 10.2. The molecule has 0 bridgehead atoms. The first-order chi connectivity index (χ1) is 16.3. The van der Waals surface area contributed by atoms with Gasteiger partial charge in [0.15, 0.2) is 16.7 Å². The predicted octanol–water partition coefficient (Wildman–Crippen LogP) is 5.25. The van der Waals surface area contributed by atoms with E-state index < -0.39 is 10.0 Å². The summed E-state index contributed by atoms with van der Waals surface area (Å²) in [5.74, 6) is 0.934. The minimum atomic E-state index is -3.94. The molecule has 0 atom stereocenters. The number of hydrogen-bond acceptors (Lipinski definition) is 6. The smallest absolute Gasteiger partial charge is 0.284 e. The van der Waals surface area contributed by atoms with Crippen molar-refractivity contribution in [2.24, 2.45) is 4.40 Å². The van der Waals surface area contributed by atoms with Crippen molar-refractivity contribution < 1.29 is 22.7 Å². The Balaban J connectivity index is 1.88. The van der Waals surface area contributed by atoms with Crippen molar-refractivity contribution in [3.8, 4) is 11.5 Å². The van der Waals surface area contributed by atoms with E-state index in [1.807, 2.05) is 19.1 Å². The molecule has 1 amide bonds. The van der Waals surface area contributed by atoms with E-state index in [0.29, 0.717) is 29.6 Å². The zero-order chi connectivity index (χ0) is 24.7. The standard InChI is InChI=1S/C25H30N2O5S2/c1-5-7-8-15-32-22-16-19(11-14-21(22)31-4)17-23-24(28)27(6-2)25(33-23)26-34(29,30)20-12-9-18(3)10-13-20/h9-14,16-17H,5-8,15H2,1-4H3. The maximum atomic E-state index is 13.0. The molecule has 2 aromatic carbocycles. The highest BCUT2D eigenvalue weighted by Crippen LogP contribution is 2.35. The van der Waals surface area contributed by atoms with Crippen LogP contribution in [0.4, 0.5) is 0 Å². The number of benzene rings is 2. The molecule has 2 aromatic rings. The molecule has 34 heavy (non-hydrogen) atoms. The molecule has 0 radical (unpaired) electrons. The summed E-state index contributed by atoms with van der Waals surface area (Å²) in [4.78, 5) is 14.8. The molecule has 1 heterocycles. The molecule has 0 aromatic heterocycles. The highest BCUT2D eigenvalue weighted by Gasteiger charge is 2.34. The van der Waals surface area contributed by atoms with Gasteiger partial charge in [-0.3, -0.25) is 9.69 Å². The quantitative estimate of drug-likeness (QED) is 0.326. The average Bonchev–Trinajstić information content (AvgIpc) is 3.10. The summed E-state index contributed by atoms with van der Waals surface area (Å²) in [5.41, 5.74) is 1.70. The number of ether oxygens (including phenoxy) is 2. The summed E-state index contributed by atoms with van der Waals surface area (Å²) in [5, 5.41) is 0.142. The predicted molar refractivity (Wildman–Crippen MR) is 137 cm³/mol. The Morgan fingerprint density at radius 3 is 2.44 bits per heavy atom. The fraction of sp³-hybridized carbons (Fsp3) is 0.360. The van der Waals surface area contributed by atoms with E-state index in [0.717, 1.165) is 42.2 Å². The Kier molecular flexibility index (Phi) is 8.79. The number of carbonyl (C=O) groups is 1. The molecule has 0 N–H and O–H groups in total.